The average molecular weight is 414 g/mol. The Morgan fingerprint density at radius 2 is 2.00 bits per heavy atom. The summed E-state index contributed by atoms with van der Waals surface area (Å²) in [6, 6.07) is 14.7. The molecule has 29 heavy (non-hydrogen) atoms. The Kier molecular flexibility index (Phi) is 7.33. The van der Waals surface area contributed by atoms with Crippen molar-refractivity contribution in [2.75, 3.05) is 6.54 Å². The molecular formula is C24H32ClN3O. The van der Waals surface area contributed by atoms with Crippen molar-refractivity contribution in [3.63, 3.8) is 0 Å². The first kappa shape index (κ1) is 21.8. The summed E-state index contributed by atoms with van der Waals surface area (Å²) in [5.41, 5.74) is 5.03. The van der Waals surface area contributed by atoms with Crippen LogP contribution in [0.3, 0.4) is 0 Å². The SMILES string of the molecule is Cc1ccc(C)c(CN[C@@H]2C[C@@H](C(=O)NC(C)C)N(Cc3cccc(Cl)c3)C2)c1. The number of nitrogens with zero attached hydrogens (tertiary/aromatic N) is 1. The van der Waals surface area contributed by atoms with Gasteiger partial charge in [0.05, 0.1) is 6.04 Å². The highest BCUT2D eigenvalue weighted by Crippen LogP contribution is 2.23. The quantitative estimate of drug-likeness (QED) is 0.714. The fourth-order valence-electron chi connectivity index (χ4n) is 3.99. The molecule has 5 heteroatoms. The smallest absolute Gasteiger partial charge is 0.237 e. The van der Waals surface area contributed by atoms with Crippen LogP contribution in [0.1, 0.15) is 42.5 Å². The number of likely N-dealkylation sites (tertiary alicyclic amines) is 1. The summed E-state index contributed by atoms with van der Waals surface area (Å²) in [5.74, 6) is 0.109. The molecule has 1 saturated heterocycles. The van der Waals surface area contributed by atoms with Crippen LogP contribution >= 0.6 is 11.6 Å². The van der Waals surface area contributed by atoms with E-state index in [0.29, 0.717) is 0 Å². The molecule has 156 valence electrons. The second-order valence-corrected chi connectivity index (χ2v) is 8.92. The maximum absolute atomic E-state index is 12.8. The number of rotatable bonds is 7. The van der Waals surface area contributed by atoms with Crippen molar-refractivity contribution in [2.45, 2.75) is 65.3 Å². The van der Waals surface area contributed by atoms with Crippen LogP contribution in [0.25, 0.3) is 0 Å². The second kappa shape index (κ2) is 9.75. The first-order valence-corrected chi connectivity index (χ1v) is 10.8. The van der Waals surface area contributed by atoms with Gasteiger partial charge in [-0.1, -0.05) is 47.5 Å². The van der Waals surface area contributed by atoms with Gasteiger partial charge in [-0.3, -0.25) is 9.69 Å². The fraction of sp³-hybridized carbons (Fsp3) is 0.458. The molecule has 1 heterocycles. The van der Waals surface area contributed by atoms with Gasteiger partial charge in [-0.2, -0.15) is 0 Å². The van der Waals surface area contributed by atoms with Crippen molar-refractivity contribution in [3.8, 4) is 0 Å². The molecule has 3 rings (SSSR count). The van der Waals surface area contributed by atoms with E-state index in [2.05, 4.69) is 53.6 Å². The van der Waals surface area contributed by atoms with Crippen LogP contribution in [0.15, 0.2) is 42.5 Å². The summed E-state index contributed by atoms with van der Waals surface area (Å²) in [4.78, 5) is 15.1. The van der Waals surface area contributed by atoms with E-state index in [1.807, 2.05) is 32.0 Å². The number of benzene rings is 2. The Bertz CT molecular complexity index is 852. The number of carbonyl (C=O) groups is 1. The maximum atomic E-state index is 12.8. The maximum Gasteiger partial charge on any atom is 0.237 e. The van der Waals surface area contributed by atoms with Gasteiger partial charge in [-0.25, -0.2) is 0 Å². The molecule has 1 amide bonds. The summed E-state index contributed by atoms with van der Waals surface area (Å²) < 4.78 is 0. The second-order valence-electron chi connectivity index (χ2n) is 8.48. The van der Waals surface area contributed by atoms with Crippen LogP contribution in [-0.4, -0.2) is 35.5 Å². The molecule has 0 bridgehead atoms. The van der Waals surface area contributed by atoms with Gasteiger partial charge in [-0.15, -0.1) is 0 Å². The predicted molar refractivity (Wildman–Crippen MR) is 120 cm³/mol. The minimum atomic E-state index is -0.132. The van der Waals surface area contributed by atoms with Crippen molar-refractivity contribution in [1.29, 1.82) is 0 Å². The molecule has 1 aliphatic heterocycles. The number of aryl methyl sites for hydroxylation is 2. The first-order valence-electron chi connectivity index (χ1n) is 10.4. The predicted octanol–water partition coefficient (Wildman–Crippen LogP) is 4.21. The zero-order valence-electron chi connectivity index (χ0n) is 17.8. The van der Waals surface area contributed by atoms with E-state index in [4.69, 9.17) is 11.6 Å². The molecule has 0 unspecified atom stereocenters. The largest absolute Gasteiger partial charge is 0.353 e. The average Bonchev–Trinajstić information content (AvgIpc) is 3.05. The van der Waals surface area contributed by atoms with E-state index >= 15 is 0 Å². The van der Waals surface area contributed by atoms with Crippen LogP contribution < -0.4 is 10.6 Å². The van der Waals surface area contributed by atoms with E-state index < -0.39 is 0 Å². The third kappa shape index (κ3) is 6.05. The van der Waals surface area contributed by atoms with Gasteiger partial charge in [0.25, 0.3) is 0 Å². The van der Waals surface area contributed by atoms with Gasteiger partial charge in [0, 0.05) is 36.7 Å². The Labute approximate surface area is 179 Å². The van der Waals surface area contributed by atoms with Crippen LogP contribution in [-0.2, 0) is 17.9 Å². The lowest BCUT2D eigenvalue weighted by Crippen LogP contribution is -2.45. The topological polar surface area (TPSA) is 44.4 Å². The first-order chi connectivity index (χ1) is 13.8. The number of carbonyl (C=O) groups excluding carboxylic acids is 1. The van der Waals surface area contributed by atoms with Gasteiger partial charge >= 0.3 is 0 Å². The zero-order valence-corrected chi connectivity index (χ0v) is 18.6. The van der Waals surface area contributed by atoms with Gasteiger partial charge < -0.3 is 10.6 Å². The summed E-state index contributed by atoms with van der Waals surface area (Å²) in [5, 5.41) is 7.50. The van der Waals surface area contributed by atoms with Crippen LogP contribution in [0.5, 0.6) is 0 Å². The minimum Gasteiger partial charge on any atom is -0.353 e. The molecule has 0 radical (unpaired) electrons. The summed E-state index contributed by atoms with van der Waals surface area (Å²) in [6.45, 7) is 10.7. The standard InChI is InChI=1S/C24H32ClN3O/c1-16(2)27-24(29)23-12-22(26-13-20-10-17(3)8-9-18(20)4)15-28(23)14-19-6-5-7-21(25)11-19/h5-11,16,22-23,26H,12-15H2,1-4H3,(H,27,29)/t22-,23+/m1/s1. The Morgan fingerprint density at radius 1 is 1.21 bits per heavy atom. The van der Waals surface area contributed by atoms with E-state index in [1.165, 1.54) is 16.7 Å². The lowest BCUT2D eigenvalue weighted by molar-refractivity contribution is -0.126. The van der Waals surface area contributed by atoms with Gasteiger partial charge in [0.2, 0.25) is 5.91 Å². The lowest BCUT2D eigenvalue weighted by atomic mass is 10.0. The van der Waals surface area contributed by atoms with Crippen molar-refractivity contribution < 1.29 is 4.79 Å². The molecule has 1 fully saturated rings. The molecule has 4 nitrogen and oxygen atoms in total. The number of nitrogens with one attached hydrogen (secondary N) is 2. The van der Waals surface area contributed by atoms with Gasteiger partial charge in [0.15, 0.2) is 0 Å². The molecule has 2 aromatic rings. The molecule has 0 spiro atoms. The Morgan fingerprint density at radius 3 is 2.72 bits per heavy atom. The number of hydrogen-bond acceptors (Lipinski definition) is 3. The summed E-state index contributed by atoms with van der Waals surface area (Å²) >= 11 is 6.16. The number of hydrogen-bond donors (Lipinski definition) is 2. The highest BCUT2D eigenvalue weighted by Gasteiger charge is 2.36. The number of halogens is 1. The van der Waals surface area contributed by atoms with E-state index in [1.54, 1.807) is 0 Å². The fourth-order valence-corrected chi connectivity index (χ4v) is 4.21. The van der Waals surface area contributed by atoms with E-state index in [0.717, 1.165) is 36.6 Å². The molecule has 1 aliphatic rings. The van der Waals surface area contributed by atoms with Crippen molar-refractivity contribution in [2.24, 2.45) is 0 Å². The number of amides is 1. The van der Waals surface area contributed by atoms with E-state index in [-0.39, 0.29) is 24.0 Å². The van der Waals surface area contributed by atoms with Crippen LogP contribution in [0, 0.1) is 13.8 Å². The van der Waals surface area contributed by atoms with Crippen molar-refractivity contribution >= 4 is 17.5 Å². The molecule has 0 aromatic heterocycles. The van der Waals surface area contributed by atoms with Gasteiger partial charge in [-0.05, 0) is 62.9 Å². The monoisotopic (exact) mass is 413 g/mol. The third-order valence-corrected chi connectivity index (χ3v) is 5.73. The Hall–Kier alpha value is -1.88. The minimum absolute atomic E-state index is 0.109. The molecule has 2 N–H and O–H groups in total. The molecular weight excluding hydrogens is 382 g/mol. The summed E-state index contributed by atoms with van der Waals surface area (Å²) in [7, 11) is 0. The Balaban J connectivity index is 1.69. The third-order valence-electron chi connectivity index (χ3n) is 5.50. The zero-order chi connectivity index (χ0) is 21.0. The highest BCUT2D eigenvalue weighted by atomic mass is 35.5. The van der Waals surface area contributed by atoms with E-state index in [9.17, 15) is 4.79 Å². The van der Waals surface area contributed by atoms with Crippen LogP contribution in [0.4, 0.5) is 0 Å². The highest BCUT2D eigenvalue weighted by molar-refractivity contribution is 6.30. The van der Waals surface area contributed by atoms with Gasteiger partial charge in [0.1, 0.15) is 0 Å². The lowest BCUT2D eigenvalue weighted by Gasteiger charge is -2.24. The molecule has 2 atom stereocenters. The molecule has 0 saturated carbocycles. The van der Waals surface area contributed by atoms with Crippen molar-refractivity contribution in [3.05, 3.63) is 69.7 Å². The van der Waals surface area contributed by atoms with Crippen LogP contribution in [0.2, 0.25) is 5.02 Å². The molecule has 2 aromatic carbocycles. The van der Waals surface area contributed by atoms with Crippen molar-refractivity contribution in [1.82, 2.24) is 15.5 Å². The molecule has 0 aliphatic carbocycles. The normalized spacial score (nSPS) is 19.7. The summed E-state index contributed by atoms with van der Waals surface area (Å²) in [6.07, 6.45) is 0.810.